The highest BCUT2D eigenvalue weighted by Gasteiger charge is 1.93. The third-order valence-electron chi connectivity index (χ3n) is 1.47. The minimum absolute atomic E-state index is 0.657. The van der Waals surface area contributed by atoms with Crippen molar-refractivity contribution in [2.24, 2.45) is 0 Å². The number of hydrogen-bond acceptors (Lipinski definition) is 3. The molecule has 0 aromatic carbocycles. The van der Waals surface area contributed by atoms with Gasteiger partial charge in [-0.1, -0.05) is 0 Å². The Morgan fingerprint density at radius 1 is 1.45 bits per heavy atom. The fourth-order valence-corrected chi connectivity index (χ4v) is 0.840. The second kappa shape index (κ2) is 4.05. The number of hydroxylamine groups is 2. The van der Waals surface area contributed by atoms with Gasteiger partial charge in [-0.25, -0.2) is 0 Å². The third kappa shape index (κ3) is 3.11. The second-order valence-electron chi connectivity index (χ2n) is 2.49. The summed E-state index contributed by atoms with van der Waals surface area (Å²) in [7, 11) is 1.64. The van der Waals surface area contributed by atoms with Crippen molar-refractivity contribution in [2.75, 3.05) is 13.6 Å². The molecule has 0 spiro atoms. The molecule has 1 N–H and O–H groups in total. The van der Waals surface area contributed by atoms with Crippen molar-refractivity contribution in [3.8, 4) is 0 Å². The number of likely N-dealkylation sites (N-methyl/N-ethyl adjacent to an activating group) is 1. The predicted octanol–water partition coefficient (Wildman–Crippen LogP) is 0.945. The predicted molar refractivity (Wildman–Crippen MR) is 42.4 cm³/mol. The molecule has 0 fully saturated rings. The lowest BCUT2D eigenvalue weighted by Crippen LogP contribution is -2.15. The number of nitrogens with zero attached hydrogens (tertiary/aromatic N) is 2. The summed E-state index contributed by atoms with van der Waals surface area (Å²) in [5.41, 5.74) is 1.20. The lowest BCUT2D eigenvalue weighted by atomic mass is 10.2. The minimum Gasteiger partial charge on any atom is -0.314 e. The van der Waals surface area contributed by atoms with E-state index in [2.05, 4.69) is 4.98 Å². The zero-order chi connectivity index (χ0) is 8.10. The van der Waals surface area contributed by atoms with E-state index in [1.807, 2.05) is 12.1 Å². The summed E-state index contributed by atoms with van der Waals surface area (Å²) in [5.74, 6) is 0. The van der Waals surface area contributed by atoms with E-state index in [9.17, 15) is 0 Å². The summed E-state index contributed by atoms with van der Waals surface area (Å²) < 4.78 is 0. The van der Waals surface area contributed by atoms with Crippen LogP contribution in [0.3, 0.4) is 0 Å². The van der Waals surface area contributed by atoms with Crippen molar-refractivity contribution < 1.29 is 5.21 Å². The first-order chi connectivity index (χ1) is 5.29. The van der Waals surface area contributed by atoms with Crippen LogP contribution in [0.25, 0.3) is 0 Å². The largest absolute Gasteiger partial charge is 0.314 e. The maximum absolute atomic E-state index is 8.83. The molecule has 1 heterocycles. The van der Waals surface area contributed by atoms with Gasteiger partial charge >= 0.3 is 0 Å². The van der Waals surface area contributed by atoms with Crippen LogP contribution in [-0.2, 0) is 6.42 Å². The Balaban J connectivity index is 2.39. The van der Waals surface area contributed by atoms with Crippen LogP contribution in [0.5, 0.6) is 0 Å². The molecule has 0 atom stereocenters. The molecule has 1 aromatic rings. The van der Waals surface area contributed by atoms with Gasteiger partial charge in [-0.2, -0.15) is 5.06 Å². The highest BCUT2D eigenvalue weighted by Crippen LogP contribution is 1.97. The molecule has 60 valence electrons. The standard InChI is InChI=1S/C8H12N2O/c1-10(11)7-4-8-2-5-9-6-3-8/h2-3,5-6,11H,4,7H2,1H3. The Kier molecular flexibility index (Phi) is 3.01. The molecule has 1 rings (SSSR count). The van der Waals surface area contributed by atoms with Crippen LogP contribution in [0, 0.1) is 0 Å². The molecule has 1 aromatic heterocycles. The summed E-state index contributed by atoms with van der Waals surface area (Å²) in [6, 6.07) is 3.90. The molecule has 0 saturated heterocycles. The van der Waals surface area contributed by atoms with E-state index in [1.165, 1.54) is 10.6 Å². The van der Waals surface area contributed by atoms with Gasteiger partial charge < -0.3 is 5.21 Å². The summed E-state index contributed by atoms with van der Waals surface area (Å²) in [6.45, 7) is 0.657. The fourth-order valence-electron chi connectivity index (χ4n) is 0.840. The van der Waals surface area contributed by atoms with Crippen LogP contribution in [0.15, 0.2) is 24.5 Å². The molecule has 0 aliphatic carbocycles. The molecular weight excluding hydrogens is 140 g/mol. The summed E-state index contributed by atoms with van der Waals surface area (Å²) in [5, 5.41) is 10.0. The normalized spacial score (nSPS) is 10.5. The Morgan fingerprint density at radius 3 is 2.64 bits per heavy atom. The van der Waals surface area contributed by atoms with Crippen molar-refractivity contribution in [1.82, 2.24) is 10.0 Å². The second-order valence-corrected chi connectivity index (χ2v) is 2.49. The van der Waals surface area contributed by atoms with Gasteiger partial charge in [-0.05, 0) is 24.1 Å². The fraction of sp³-hybridized carbons (Fsp3) is 0.375. The molecule has 0 amide bonds. The highest BCUT2D eigenvalue weighted by atomic mass is 16.5. The van der Waals surface area contributed by atoms with Crippen molar-refractivity contribution in [1.29, 1.82) is 0 Å². The van der Waals surface area contributed by atoms with Crippen molar-refractivity contribution in [2.45, 2.75) is 6.42 Å². The molecule has 0 aliphatic rings. The van der Waals surface area contributed by atoms with Gasteiger partial charge in [0.25, 0.3) is 0 Å². The lowest BCUT2D eigenvalue weighted by Gasteiger charge is -2.06. The van der Waals surface area contributed by atoms with Gasteiger partial charge in [0, 0.05) is 26.0 Å². The number of rotatable bonds is 3. The smallest absolute Gasteiger partial charge is 0.0275 e. The molecular formula is C8H12N2O. The first kappa shape index (κ1) is 8.17. The first-order valence-electron chi connectivity index (χ1n) is 3.58. The van der Waals surface area contributed by atoms with Gasteiger partial charge in [0.15, 0.2) is 0 Å². The molecule has 3 heteroatoms. The maximum Gasteiger partial charge on any atom is 0.0275 e. The third-order valence-corrected chi connectivity index (χ3v) is 1.47. The summed E-state index contributed by atoms with van der Waals surface area (Å²) in [4.78, 5) is 3.90. The van der Waals surface area contributed by atoms with Crippen molar-refractivity contribution >= 4 is 0 Å². The summed E-state index contributed by atoms with van der Waals surface area (Å²) >= 11 is 0. The van der Waals surface area contributed by atoms with E-state index in [-0.39, 0.29) is 0 Å². The minimum atomic E-state index is 0.657. The Hall–Kier alpha value is -0.930. The van der Waals surface area contributed by atoms with Gasteiger partial charge in [0.2, 0.25) is 0 Å². The zero-order valence-corrected chi connectivity index (χ0v) is 6.57. The van der Waals surface area contributed by atoms with Gasteiger partial charge in [0.1, 0.15) is 0 Å². The molecule has 0 aliphatic heterocycles. The Bertz CT molecular complexity index is 199. The average Bonchev–Trinajstić information content (AvgIpc) is 2.03. The monoisotopic (exact) mass is 152 g/mol. The summed E-state index contributed by atoms with van der Waals surface area (Å²) in [6.07, 6.45) is 4.37. The molecule has 0 bridgehead atoms. The topological polar surface area (TPSA) is 36.4 Å². The SMILES string of the molecule is CN(O)CCc1ccncc1. The van der Waals surface area contributed by atoms with E-state index in [0.717, 1.165) is 6.42 Å². The quantitative estimate of drug-likeness (QED) is 0.655. The van der Waals surface area contributed by atoms with Crippen molar-refractivity contribution in [3.05, 3.63) is 30.1 Å². The molecule has 0 saturated carbocycles. The average molecular weight is 152 g/mol. The van der Waals surface area contributed by atoms with Gasteiger partial charge in [-0.3, -0.25) is 4.98 Å². The molecule has 11 heavy (non-hydrogen) atoms. The van der Waals surface area contributed by atoms with E-state index in [1.54, 1.807) is 19.4 Å². The molecule has 0 unspecified atom stereocenters. The van der Waals surface area contributed by atoms with Crippen LogP contribution < -0.4 is 0 Å². The number of pyridine rings is 1. The molecule has 3 nitrogen and oxygen atoms in total. The van der Waals surface area contributed by atoms with Crippen molar-refractivity contribution in [3.63, 3.8) is 0 Å². The number of hydrogen-bond donors (Lipinski definition) is 1. The molecule has 0 radical (unpaired) electrons. The highest BCUT2D eigenvalue weighted by molar-refractivity contribution is 5.09. The van der Waals surface area contributed by atoms with Crippen LogP contribution in [0.1, 0.15) is 5.56 Å². The van der Waals surface area contributed by atoms with E-state index < -0.39 is 0 Å². The lowest BCUT2D eigenvalue weighted by molar-refractivity contribution is -0.0634. The number of aromatic nitrogens is 1. The van der Waals surface area contributed by atoms with Gasteiger partial charge in [-0.15, -0.1) is 0 Å². The Labute approximate surface area is 66.3 Å². The van der Waals surface area contributed by atoms with Crippen LogP contribution in [-0.4, -0.2) is 28.8 Å². The zero-order valence-electron chi connectivity index (χ0n) is 6.57. The van der Waals surface area contributed by atoms with Crippen LogP contribution >= 0.6 is 0 Å². The van der Waals surface area contributed by atoms with E-state index in [0.29, 0.717) is 6.54 Å². The van der Waals surface area contributed by atoms with E-state index in [4.69, 9.17) is 5.21 Å². The maximum atomic E-state index is 8.83. The Morgan fingerprint density at radius 2 is 2.09 bits per heavy atom. The van der Waals surface area contributed by atoms with Gasteiger partial charge in [0.05, 0.1) is 0 Å². The van der Waals surface area contributed by atoms with E-state index >= 15 is 0 Å². The van der Waals surface area contributed by atoms with Crippen LogP contribution in [0.2, 0.25) is 0 Å². The van der Waals surface area contributed by atoms with Crippen LogP contribution in [0.4, 0.5) is 0 Å². The first-order valence-corrected chi connectivity index (χ1v) is 3.58.